The lowest BCUT2D eigenvalue weighted by molar-refractivity contribution is 0.0988. The van der Waals surface area contributed by atoms with Gasteiger partial charge in [-0.1, -0.05) is 35.0 Å². The Bertz CT molecular complexity index is 1170. The summed E-state index contributed by atoms with van der Waals surface area (Å²) in [5, 5.41) is 9.86. The van der Waals surface area contributed by atoms with E-state index in [9.17, 15) is 14.3 Å². The maximum Gasteiger partial charge on any atom is 0.185 e. The molecule has 33 heavy (non-hydrogen) atoms. The van der Waals surface area contributed by atoms with E-state index in [-0.39, 0.29) is 41.9 Å². The predicted octanol–water partition coefficient (Wildman–Crippen LogP) is 4.69. The number of anilines is 1. The number of ketones is 1. The SMILES string of the molecule is COc1cccc(F)c1-c1nccc(C(=O)Cc2ccc(Br)cc2N2C[C@@H](C)C[C@H]2CO)n1. The monoisotopic (exact) mass is 513 g/mol. The first-order valence-corrected chi connectivity index (χ1v) is 11.6. The number of rotatable bonds is 7. The average molecular weight is 514 g/mol. The first kappa shape index (κ1) is 23.3. The number of hydrogen-bond acceptors (Lipinski definition) is 6. The van der Waals surface area contributed by atoms with Crippen molar-refractivity contribution in [1.29, 1.82) is 0 Å². The molecule has 1 fully saturated rings. The molecule has 1 aliphatic rings. The quantitative estimate of drug-likeness (QED) is 0.462. The highest BCUT2D eigenvalue weighted by Crippen LogP contribution is 2.34. The zero-order valence-corrected chi connectivity index (χ0v) is 20.0. The lowest BCUT2D eigenvalue weighted by Gasteiger charge is -2.28. The Morgan fingerprint density at radius 3 is 2.88 bits per heavy atom. The molecule has 1 saturated heterocycles. The fraction of sp³-hybridized carbons (Fsp3) is 0.320. The topological polar surface area (TPSA) is 75.5 Å². The molecule has 2 heterocycles. The predicted molar refractivity (Wildman–Crippen MR) is 128 cm³/mol. The van der Waals surface area contributed by atoms with Gasteiger partial charge >= 0.3 is 0 Å². The van der Waals surface area contributed by atoms with Gasteiger partial charge in [-0.15, -0.1) is 0 Å². The number of aliphatic hydroxyl groups is 1. The summed E-state index contributed by atoms with van der Waals surface area (Å²) in [5.74, 6) is 0.121. The number of ether oxygens (including phenoxy) is 1. The standard InChI is InChI=1S/C25H25BrFN3O3/c1-15-10-18(14-31)30(13-15)21-12-17(26)7-6-16(21)11-22(32)20-8-9-28-25(29-20)24-19(27)4-3-5-23(24)33-2/h3-9,12,15,18,31H,10-11,13-14H2,1-2H3/t15-,18-/m0/s1. The van der Waals surface area contributed by atoms with Crippen LogP contribution in [0, 0.1) is 11.7 Å². The van der Waals surface area contributed by atoms with Crippen LogP contribution in [0.1, 0.15) is 29.4 Å². The van der Waals surface area contributed by atoms with E-state index in [0.29, 0.717) is 11.7 Å². The van der Waals surface area contributed by atoms with Crippen LogP contribution in [0.15, 0.2) is 53.1 Å². The number of carbonyl (C=O) groups excluding carboxylic acids is 1. The van der Waals surface area contributed by atoms with Crippen LogP contribution >= 0.6 is 15.9 Å². The van der Waals surface area contributed by atoms with Gasteiger partial charge in [0.2, 0.25) is 0 Å². The van der Waals surface area contributed by atoms with Crippen molar-refractivity contribution in [2.75, 3.05) is 25.2 Å². The van der Waals surface area contributed by atoms with Crippen LogP contribution < -0.4 is 9.64 Å². The molecule has 1 aromatic heterocycles. The van der Waals surface area contributed by atoms with E-state index < -0.39 is 5.82 Å². The molecular weight excluding hydrogens is 489 g/mol. The molecule has 0 amide bonds. The number of Topliss-reactive ketones (excluding diaryl/α,β-unsaturated/α-hetero) is 1. The molecule has 1 N–H and O–H groups in total. The second kappa shape index (κ2) is 9.97. The fourth-order valence-electron chi connectivity index (χ4n) is 4.36. The lowest BCUT2D eigenvalue weighted by atomic mass is 10.0. The first-order chi connectivity index (χ1) is 15.9. The summed E-state index contributed by atoms with van der Waals surface area (Å²) in [5.41, 5.74) is 2.09. The van der Waals surface area contributed by atoms with Gasteiger partial charge in [-0.25, -0.2) is 14.4 Å². The molecule has 0 radical (unpaired) electrons. The van der Waals surface area contributed by atoms with Crippen LogP contribution in [0.25, 0.3) is 11.4 Å². The number of methoxy groups -OCH3 is 1. The van der Waals surface area contributed by atoms with Crippen LogP contribution in [0.2, 0.25) is 0 Å². The van der Waals surface area contributed by atoms with Gasteiger partial charge in [0.25, 0.3) is 0 Å². The minimum atomic E-state index is -0.521. The van der Waals surface area contributed by atoms with Gasteiger partial charge in [0, 0.05) is 29.3 Å². The smallest absolute Gasteiger partial charge is 0.185 e. The van der Waals surface area contributed by atoms with Crippen molar-refractivity contribution in [3.8, 4) is 17.1 Å². The lowest BCUT2D eigenvalue weighted by Crippen LogP contribution is -2.33. The molecule has 0 saturated carbocycles. The Morgan fingerprint density at radius 1 is 1.30 bits per heavy atom. The van der Waals surface area contributed by atoms with Gasteiger partial charge in [0.05, 0.1) is 25.3 Å². The maximum atomic E-state index is 14.5. The summed E-state index contributed by atoms with van der Waals surface area (Å²) < 4.78 is 20.7. The Balaban J connectivity index is 1.65. The number of benzene rings is 2. The van der Waals surface area contributed by atoms with Gasteiger partial charge in [0.1, 0.15) is 17.3 Å². The van der Waals surface area contributed by atoms with Gasteiger partial charge < -0.3 is 14.7 Å². The van der Waals surface area contributed by atoms with Crippen LogP contribution in [0.4, 0.5) is 10.1 Å². The number of hydrogen-bond donors (Lipinski definition) is 1. The van der Waals surface area contributed by atoms with E-state index in [1.165, 1.54) is 25.4 Å². The Kier molecular flexibility index (Phi) is 7.05. The highest BCUT2D eigenvalue weighted by Gasteiger charge is 2.31. The van der Waals surface area contributed by atoms with Crippen molar-refractivity contribution >= 4 is 27.4 Å². The van der Waals surface area contributed by atoms with Gasteiger partial charge in [-0.3, -0.25) is 4.79 Å². The molecule has 3 aromatic rings. The van der Waals surface area contributed by atoms with Crippen molar-refractivity contribution in [2.24, 2.45) is 5.92 Å². The Labute approximate surface area is 200 Å². The third-order valence-electron chi connectivity index (χ3n) is 5.90. The van der Waals surface area contributed by atoms with Crippen molar-refractivity contribution in [3.63, 3.8) is 0 Å². The second-order valence-electron chi connectivity index (χ2n) is 8.29. The number of aliphatic hydroxyl groups excluding tert-OH is 1. The molecule has 4 rings (SSSR count). The summed E-state index contributed by atoms with van der Waals surface area (Å²) in [6.07, 6.45) is 2.47. The van der Waals surface area contributed by atoms with E-state index in [2.05, 4.69) is 37.7 Å². The summed E-state index contributed by atoms with van der Waals surface area (Å²) in [7, 11) is 1.45. The van der Waals surface area contributed by atoms with E-state index in [1.54, 1.807) is 12.1 Å². The summed E-state index contributed by atoms with van der Waals surface area (Å²) >= 11 is 3.53. The van der Waals surface area contributed by atoms with Gasteiger partial charge in [-0.05, 0) is 48.2 Å². The van der Waals surface area contributed by atoms with E-state index in [1.807, 2.05) is 18.2 Å². The number of halogens is 2. The summed E-state index contributed by atoms with van der Waals surface area (Å²) in [6, 6.07) is 11.8. The number of aromatic nitrogens is 2. The van der Waals surface area contributed by atoms with Crippen LogP contribution in [0.5, 0.6) is 5.75 Å². The normalized spacial score (nSPS) is 17.9. The second-order valence-corrected chi connectivity index (χ2v) is 9.20. The molecule has 2 atom stereocenters. The minimum absolute atomic E-state index is 0.0160. The number of carbonyl (C=O) groups is 1. The minimum Gasteiger partial charge on any atom is -0.496 e. The van der Waals surface area contributed by atoms with E-state index in [4.69, 9.17) is 4.74 Å². The molecule has 2 aromatic carbocycles. The zero-order valence-electron chi connectivity index (χ0n) is 18.5. The highest BCUT2D eigenvalue weighted by molar-refractivity contribution is 9.10. The van der Waals surface area contributed by atoms with Crippen molar-refractivity contribution in [3.05, 3.63) is 70.2 Å². The molecule has 0 unspecified atom stereocenters. The van der Waals surface area contributed by atoms with Crippen LogP contribution in [-0.2, 0) is 6.42 Å². The maximum absolute atomic E-state index is 14.5. The molecule has 1 aliphatic heterocycles. The fourth-order valence-corrected chi connectivity index (χ4v) is 4.71. The molecule has 6 nitrogen and oxygen atoms in total. The highest BCUT2D eigenvalue weighted by atomic mass is 79.9. The number of nitrogens with zero attached hydrogens (tertiary/aromatic N) is 3. The van der Waals surface area contributed by atoms with Gasteiger partial charge in [0.15, 0.2) is 11.6 Å². The molecule has 8 heteroatoms. The average Bonchev–Trinajstić information content (AvgIpc) is 3.20. The third kappa shape index (κ3) is 4.91. The van der Waals surface area contributed by atoms with Crippen LogP contribution in [-0.4, -0.2) is 47.2 Å². The summed E-state index contributed by atoms with van der Waals surface area (Å²) in [6.45, 7) is 3.03. The molecular formula is C25H25BrFN3O3. The largest absolute Gasteiger partial charge is 0.496 e. The van der Waals surface area contributed by atoms with E-state index in [0.717, 1.165) is 28.7 Å². The Hall–Kier alpha value is -2.84. The molecule has 0 bridgehead atoms. The third-order valence-corrected chi connectivity index (χ3v) is 6.40. The van der Waals surface area contributed by atoms with Crippen molar-refractivity contribution in [1.82, 2.24) is 9.97 Å². The Morgan fingerprint density at radius 2 is 2.12 bits per heavy atom. The zero-order chi connectivity index (χ0) is 23.5. The first-order valence-electron chi connectivity index (χ1n) is 10.8. The van der Waals surface area contributed by atoms with Crippen molar-refractivity contribution in [2.45, 2.75) is 25.8 Å². The van der Waals surface area contributed by atoms with Gasteiger partial charge in [-0.2, -0.15) is 0 Å². The molecule has 172 valence electrons. The summed E-state index contributed by atoms with van der Waals surface area (Å²) in [4.78, 5) is 23.9. The molecule has 0 spiro atoms. The molecule has 0 aliphatic carbocycles. The van der Waals surface area contributed by atoms with Crippen molar-refractivity contribution < 1.29 is 19.0 Å². The van der Waals surface area contributed by atoms with Crippen LogP contribution in [0.3, 0.4) is 0 Å². The van der Waals surface area contributed by atoms with E-state index >= 15 is 0 Å².